The molecule has 3 nitrogen and oxygen atoms in total. The van der Waals surface area contributed by atoms with E-state index in [1.165, 1.54) is 0 Å². The molecule has 0 aliphatic heterocycles. The average Bonchev–Trinajstić information content (AvgIpc) is 2.05. The van der Waals surface area contributed by atoms with Crippen LogP contribution >= 0.6 is 20.2 Å². The fourth-order valence-corrected chi connectivity index (χ4v) is 1.46. The summed E-state index contributed by atoms with van der Waals surface area (Å²) in [6.07, 6.45) is 0.965. The molecule has 0 fully saturated rings. The molecule has 0 aliphatic rings. The molecule has 5 heteroatoms. The van der Waals surface area contributed by atoms with Crippen LogP contribution in [0.25, 0.3) is 0 Å². The molecule has 1 unspecified atom stereocenters. The molecular formula is C6H14ClO3P. The van der Waals surface area contributed by atoms with Crippen LogP contribution in [0.4, 0.5) is 0 Å². The van der Waals surface area contributed by atoms with Crippen LogP contribution in [0, 0.1) is 0 Å². The maximum atomic E-state index is 5.41. The van der Waals surface area contributed by atoms with Gasteiger partial charge in [-0.15, -0.1) is 11.6 Å². The fourth-order valence-electron chi connectivity index (χ4n) is 0.418. The number of hydrogen-bond acceptors (Lipinski definition) is 3. The molecule has 0 aromatic rings. The molecule has 0 radical (unpaired) electrons. The van der Waals surface area contributed by atoms with Gasteiger partial charge in [0.2, 0.25) is 0 Å². The molecule has 0 heterocycles. The van der Waals surface area contributed by atoms with E-state index < -0.39 is 8.60 Å². The summed E-state index contributed by atoms with van der Waals surface area (Å²) in [5, 5.41) is 0. The van der Waals surface area contributed by atoms with E-state index in [-0.39, 0.29) is 0 Å². The van der Waals surface area contributed by atoms with E-state index in [4.69, 9.17) is 25.2 Å². The predicted molar refractivity (Wildman–Crippen MR) is 46.8 cm³/mol. The maximum absolute atomic E-state index is 5.41. The maximum Gasteiger partial charge on any atom is 0.332 e. The third-order valence-corrected chi connectivity index (χ3v) is 2.06. The molecule has 0 amide bonds. The lowest BCUT2D eigenvalue weighted by Crippen LogP contribution is -1.96. The Kier molecular flexibility index (Phi) is 9.17. The summed E-state index contributed by atoms with van der Waals surface area (Å²) in [5.41, 5.74) is 0. The van der Waals surface area contributed by atoms with Crippen LogP contribution in [-0.2, 0) is 13.6 Å². The van der Waals surface area contributed by atoms with Crippen molar-refractivity contribution in [3.8, 4) is 0 Å². The van der Waals surface area contributed by atoms with Crippen LogP contribution in [0.3, 0.4) is 0 Å². The minimum absolute atomic E-state index is 0.470. The second-order valence-corrected chi connectivity index (χ2v) is 3.47. The Morgan fingerprint density at radius 3 is 2.36 bits per heavy atom. The van der Waals surface area contributed by atoms with Crippen LogP contribution < -0.4 is 0 Å². The third kappa shape index (κ3) is 6.98. The molecule has 0 rings (SSSR count). The van der Waals surface area contributed by atoms with Gasteiger partial charge in [0.25, 0.3) is 0 Å². The van der Waals surface area contributed by atoms with Gasteiger partial charge in [-0.25, -0.2) is 0 Å². The van der Waals surface area contributed by atoms with Crippen LogP contribution in [-0.4, -0.2) is 26.2 Å². The number of alkyl halides is 1. The summed E-state index contributed by atoms with van der Waals surface area (Å²) in [4.78, 5) is 0. The Morgan fingerprint density at radius 1 is 1.27 bits per heavy atom. The van der Waals surface area contributed by atoms with Gasteiger partial charge in [-0.3, -0.25) is 0 Å². The van der Waals surface area contributed by atoms with Crippen molar-refractivity contribution < 1.29 is 13.6 Å². The topological polar surface area (TPSA) is 27.7 Å². The van der Waals surface area contributed by atoms with Crippen molar-refractivity contribution >= 4 is 20.2 Å². The quantitative estimate of drug-likeness (QED) is 0.467. The highest BCUT2D eigenvalue weighted by molar-refractivity contribution is 7.41. The first kappa shape index (κ1) is 11.6. The lowest BCUT2D eigenvalue weighted by Gasteiger charge is -2.12. The van der Waals surface area contributed by atoms with Crippen molar-refractivity contribution in [2.45, 2.75) is 13.3 Å². The van der Waals surface area contributed by atoms with Gasteiger partial charge in [-0.05, 0) is 6.42 Å². The molecule has 0 bridgehead atoms. The Balaban J connectivity index is 3.25. The first-order valence-corrected chi connectivity index (χ1v) is 5.14. The predicted octanol–water partition coefficient (Wildman–Crippen LogP) is 2.54. The largest absolute Gasteiger partial charge is 0.332 e. The van der Waals surface area contributed by atoms with Crippen molar-refractivity contribution in [1.82, 2.24) is 0 Å². The molecule has 1 atom stereocenters. The summed E-state index contributed by atoms with van der Waals surface area (Å²) in [7, 11) is 0.410. The van der Waals surface area contributed by atoms with Gasteiger partial charge in [0.1, 0.15) is 0 Å². The standard InChI is InChI=1S/C6H14ClO3P/c1-3-5-9-11(8-2)10-6-4-7/h3-6H2,1-2H3. The molecule has 0 aromatic heterocycles. The summed E-state index contributed by atoms with van der Waals surface area (Å²) < 4.78 is 15.3. The lowest BCUT2D eigenvalue weighted by molar-refractivity contribution is 0.188. The van der Waals surface area contributed by atoms with E-state index in [2.05, 4.69) is 0 Å². The molecule has 0 aromatic carbocycles. The van der Waals surface area contributed by atoms with Crippen molar-refractivity contribution in [2.24, 2.45) is 0 Å². The zero-order valence-corrected chi connectivity index (χ0v) is 8.53. The zero-order valence-electron chi connectivity index (χ0n) is 6.88. The van der Waals surface area contributed by atoms with E-state index >= 15 is 0 Å². The lowest BCUT2D eigenvalue weighted by atomic mass is 10.5. The average molecular weight is 201 g/mol. The van der Waals surface area contributed by atoms with E-state index in [0.29, 0.717) is 19.1 Å². The highest BCUT2D eigenvalue weighted by Gasteiger charge is 2.07. The van der Waals surface area contributed by atoms with Crippen LogP contribution in [0.2, 0.25) is 0 Å². The molecule has 68 valence electrons. The zero-order chi connectivity index (χ0) is 8.53. The van der Waals surface area contributed by atoms with Gasteiger partial charge in [-0.1, -0.05) is 6.92 Å². The van der Waals surface area contributed by atoms with Gasteiger partial charge in [0.05, 0.1) is 13.2 Å². The minimum atomic E-state index is -1.15. The normalized spacial score (nSPS) is 13.4. The molecule has 0 spiro atoms. The van der Waals surface area contributed by atoms with Crippen molar-refractivity contribution in [2.75, 3.05) is 26.2 Å². The van der Waals surface area contributed by atoms with Crippen molar-refractivity contribution in [3.05, 3.63) is 0 Å². The van der Waals surface area contributed by atoms with Crippen molar-refractivity contribution in [1.29, 1.82) is 0 Å². The van der Waals surface area contributed by atoms with E-state index in [9.17, 15) is 0 Å². The second kappa shape index (κ2) is 8.69. The Bertz CT molecular complexity index is 76.2. The van der Waals surface area contributed by atoms with Gasteiger partial charge >= 0.3 is 8.60 Å². The molecule has 0 aliphatic carbocycles. The smallest absolute Gasteiger partial charge is 0.316 e. The third-order valence-electron chi connectivity index (χ3n) is 0.824. The first-order chi connectivity index (χ1) is 5.35. The summed E-state index contributed by atoms with van der Waals surface area (Å²) >= 11 is 5.41. The van der Waals surface area contributed by atoms with E-state index in [1.54, 1.807) is 7.11 Å². The number of halogens is 1. The van der Waals surface area contributed by atoms with Gasteiger partial charge in [-0.2, -0.15) is 0 Å². The molecule has 0 saturated heterocycles. The fraction of sp³-hybridized carbons (Fsp3) is 1.00. The van der Waals surface area contributed by atoms with Crippen LogP contribution in [0.1, 0.15) is 13.3 Å². The SMILES string of the molecule is CCCOP(OC)OCCCl. The monoisotopic (exact) mass is 200 g/mol. The van der Waals surface area contributed by atoms with Gasteiger partial charge in [0.15, 0.2) is 0 Å². The minimum Gasteiger partial charge on any atom is -0.316 e. The molecular weight excluding hydrogens is 186 g/mol. The van der Waals surface area contributed by atoms with Gasteiger partial charge in [0, 0.05) is 13.0 Å². The van der Waals surface area contributed by atoms with Crippen LogP contribution in [0.5, 0.6) is 0 Å². The Hall–Kier alpha value is 0.600. The summed E-state index contributed by atoms with van der Waals surface area (Å²) in [5.74, 6) is 0.470. The number of hydrogen-bond donors (Lipinski definition) is 0. The Morgan fingerprint density at radius 2 is 1.91 bits per heavy atom. The van der Waals surface area contributed by atoms with Crippen molar-refractivity contribution in [3.63, 3.8) is 0 Å². The molecule has 0 saturated carbocycles. The second-order valence-electron chi connectivity index (χ2n) is 1.76. The molecule has 0 N–H and O–H groups in total. The van der Waals surface area contributed by atoms with Gasteiger partial charge < -0.3 is 13.6 Å². The van der Waals surface area contributed by atoms with E-state index in [0.717, 1.165) is 6.42 Å². The Labute approximate surface area is 74.0 Å². The first-order valence-electron chi connectivity index (χ1n) is 3.51. The van der Waals surface area contributed by atoms with Crippen LogP contribution in [0.15, 0.2) is 0 Å². The summed E-state index contributed by atoms with van der Waals surface area (Å²) in [6.45, 7) is 3.18. The highest BCUT2D eigenvalue weighted by Crippen LogP contribution is 2.38. The van der Waals surface area contributed by atoms with E-state index in [1.807, 2.05) is 6.92 Å². The molecule has 11 heavy (non-hydrogen) atoms. The highest BCUT2D eigenvalue weighted by atomic mass is 35.5. The summed E-state index contributed by atoms with van der Waals surface area (Å²) in [6, 6.07) is 0. The number of rotatable bonds is 7.